The SMILES string of the molecule is C=C(C(=O)OC)C(O)CC/C(C)=C/CC/C(C)=C/CO[Si](c1ccccc1)(c1ccccc1)C(C)(C)C. The lowest BCUT2D eigenvalue weighted by atomic mass is 10.0. The van der Waals surface area contributed by atoms with Gasteiger partial charge in [-0.1, -0.05) is 111 Å². The predicted octanol–water partition coefficient (Wildman–Crippen LogP) is 6.11. The molecule has 0 fully saturated rings. The van der Waals surface area contributed by atoms with Crippen molar-refractivity contribution in [3.63, 3.8) is 0 Å². The third-order valence-electron chi connectivity index (χ3n) is 6.84. The third-order valence-corrected chi connectivity index (χ3v) is 11.8. The Labute approximate surface area is 224 Å². The fraction of sp³-hybridized carbons (Fsp3) is 0.406. The van der Waals surface area contributed by atoms with Crippen molar-refractivity contribution in [2.75, 3.05) is 13.7 Å². The highest BCUT2D eigenvalue weighted by Crippen LogP contribution is 2.36. The van der Waals surface area contributed by atoms with Gasteiger partial charge in [-0.3, -0.25) is 0 Å². The number of hydrogen-bond acceptors (Lipinski definition) is 4. The second-order valence-corrected chi connectivity index (χ2v) is 15.0. The molecule has 0 heterocycles. The summed E-state index contributed by atoms with van der Waals surface area (Å²) in [6, 6.07) is 21.4. The molecule has 0 saturated carbocycles. The number of methoxy groups -OCH3 is 1. The van der Waals surface area contributed by atoms with Gasteiger partial charge in [0.2, 0.25) is 0 Å². The summed E-state index contributed by atoms with van der Waals surface area (Å²) in [6.45, 7) is 15.3. The topological polar surface area (TPSA) is 55.8 Å². The predicted molar refractivity (Wildman–Crippen MR) is 157 cm³/mol. The number of allylic oxidation sites excluding steroid dienone is 3. The van der Waals surface area contributed by atoms with Crippen molar-refractivity contribution in [1.82, 2.24) is 0 Å². The van der Waals surface area contributed by atoms with Crippen molar-refractivity contribution < 1.29 is 19.1 Å². The zero-order chi connectivity index (χ0) is 27.5. The molecular weight excluding hydrogens is 476 g/mol. The highest BCUT2D eigenvalue weighted by molar-refractivity contribution is 6.99. The van der Waals surface area contributed by atoms with Crippen LogP contribution in [0, 0.1) is 0 Å². The van der Waals surface area contributed by atoms with Crippen LogP contribution in [0.3, 0.4) is 0 Å². The second-order valence-electron chi connectivity index (χ2n) is 10.7. The molecule has 0 aliphatic heterocycles. The molecule has 4 nitrogen and oxygen atoms in total. The van der Waals surface area contributed by atoms with E-state index in [0.717, 1.165) is 12.8 Å². The molecule has 1 N–H and O–H groups in total. The fourth-order valence-corrected chi connectivity index (χ4v) is 9.12. The normalized spacial score (nSPS) is 13.8. The minimum Gasteiger partial charge on any atom is -0.466 e. The Morgan fingerprint density at radius 2 is 1.46 bits per heavy atom. The number of ether oxygens (including phenoxy) is 1. The van der Waals surface area contributed by atoms with Crippen LogP contribution in [0.2, 0.25) is 5.04 Å². The van der Waals surface area contributed by atoms with Gasteiger partial charge in [-0.05, 0) is 54.9 Å². The summed E-state index contributed by atoms with van der Waals surface area (Å²) in [5, 5.41) is 12.7. The molecule has 0 radical (unpaired) electrons. The molecule has 0 aliphatic rings. The second kappa shape index (κ2) is 14.3. The number of esters is 1. The number of hydrogen-bond donors (Lipinski definition) is 1. The lowest BCUT2D eigenvalue weighted by Crippen LogP contribution is -2.66. The van der Waals surface area contributed by atoms with Gasteiger partial charge >= 0.3 is 5.97 Å². The Morgan fingerprint density at radius 1 is 0.946 bits per heavy atom. The lowest BCUT2D eigenvalue weighted by molar-refractivity contribution is -0.137. The van der Waals surface area contributed by atoms with Gasteiger partial charge in [0.25, 0.3) is 8.32 Å². The van der Waals surface area contributed by atoms with Gasteiger partial charge in [0.15, 0.2) is 0 Å². The third kappa shape index (κ3) is 8.39. The number of aliphatic hydroxyl groups excluding tert-OH is 1. The largest absolute Gasteiger partial charge is 0.466 e. The monoisotopic (exact) mass is 520 g/mol. The van der Waals surface area contributed by atoms with Crippen LogP contribution >= 0.6 is 0 Å². The molecular formula is C32H44O4Si. The molecule has 0 aliphatic carbocycles. The standard InChI is InChI=1S/C32H44O4Si/c1-25(21-22-30(33)27(3)31(34)35-7)15-14-16-26(2)23-24-36-37(32(4,5)6,28-17-10-8-11-18-28)29-19-12-9-13-20-29/h8-13,15,17-20,23,30,33H,3,14,16,21-22,24H2,1-2,4-7H3/b25-15+,26-23+. The number of benzene rings is 2. The van der Waals surface area contributed by atoms with Crippen LogP contribution in [-0.4, -0.2) is 39.2 Å². The van der Waals surface area contributed by atoms with E-state index in [1.165, 1.54) is 28.6 Å². The van der Waals surface area contributed by atoms with Crippen molar-refractivity contribution in [2.45, 2.75) is 71.4 Å². The molecule has 0 bridgehead atoms. The summed E-state index contributed by atoms with van der Waals surface area (Å²) in [5.41, 5.74) is 2.59. The maximum Gasteiger partial charge on any atom is 0.335 e. The van der Waals surface area contributed by atoms with Gasteiger partial charge < -0.3 is 14.3 Å². The lowest BCUT2D eigenvalue weighted by Gasteiger charge is -2.42. The van der Waals surface area contributed by atoms with E-state index in [4.69, 9.17) is 4.43 Å². The summed E-state index contributed by atoms with van der Waals surface area (Å²) < 4.78 is 11.6. The van der Waals surface area contributed by atoms with E-state index in [0.29, 0.717) is 19.4 Å². The van der Waals surface area contributed by atoms with Gasteiger partial charge in [-0.25, -0.2) is 4.79 Å². The van der Waals surface area contributed by atoms with Crippen LogP contribution in [0.15, 0.2) is 96.1 Å². The van der Waals surface area contributed by atoms with Crippen LogP contribution in [0.5, 0.6) is 0 Å². The maximum atomic E-state index is 11.5. The van der Waals surface area contributed by atoms with Crippen LogP contribution in [0.25, 0.3) is 0 Å². The number of aliphatic hydroxyl groups is 1. The average molecular weight is 521 g/mol. The molecule has 2 aromatic rings. The van der Waals surface area contributed by atoms with E-state index >= 15 is 0 Å². The summed E-state index contributed by atoms with van der Waals surface area (Å²) in [6.07, 6.45) is 6.56. The van der Waals surface area contributed by atoms with Crippen LogP contribution in [0.1, 0.15) is 60.3 Å². The van der Waals surface area contributed by atoms with Crippen molar-refractivity contribution in [2.24, 2.45) is 0 Å². The van der Waals surface area contributed by atoms with Gasteiger partial charge in [-0.15, -0.1) is 0 Å². The van der Waals surface area contributed by atoms with Crippen LogP contribution in [0.4, 0.5) is 0 Å². The Morgan fingerprint density at radius 3 is 1.95 bits per heavy atom. The van der Waals surface area contributed by atoms with E-state index in [-0.39, 0.29) is 10.6 Å². The summed E-state index contributed by atoms with van der Waals surface area (Å²) in [5.74, 6) is -0.560. The minimum absolute atomic E-state index is 0.0406. The zero-order valence-electron chi connectivity index (χ0n) is 23.4. The van der Waals surface area contributed by atoms with Crippen molar-refractivity contribution >= 4 is 24.7 Å². The van der Waals surface area contributed by atoms with Gasteiger partial charge in [-0.2, -0.15) is 0 Å². The van der Waals surface area contributed by atoms with Gasteiger partial charge in [0.05, 0.1) is 25.4 Å². The van der Waals surface area contributed by atoms with E-state index in [9.17, 15) is 9.90 Å². The smallest absolute Gasteiger partial charge is 0.335 e. The Balaban J connectivity index is 2.04. The molecule has 0 aromatic heterocycles. The quantitative estimate of drug-likeness (QED) is 0.150. The molecule has 5 heteroatoms. The fourth-order valence-electron chi connectivity index (χ4n) is 4.63. The van der Waals surface area contributed by atoms with Crippen molar-refractivity contribution in [3.8, 4) is 0 Å². The molecule has 37 heavy (non-hydrogen) atoms. The summed E-state index contributed by atoms with van der Waals surface area (Å²) in [7, 11) is -1.23. The highest BCUT2D eigenvalue weighted by Gasteiger charge is 2.49. The minimum atomic E-state index is -2.53. The Bertz CT molecular complexity index is 1030. The molecule has 200 valence electrons. The molecule has 1 unspecified atom stereocenters. The number of rotatable bonds is 13. The van der Waals surface area contributed by atoms with Gasteiger partial charge in [0, 0.05) is 0 Å². The number of carbonyl (C=O) groups excluding carboxylic acids is 1. The Hall–Kier alpha value is -2.73. The molecule has 0 amide bonds. The van der Waals surface area contributed by atoms with E-state index in [2.05, 4.69) is 119 Å². The molecule has 2 rings (SSSR count). The van der Waals surface area contributed by atoms with E-state index < -0.39 is 20.4 Å². The highest BCUT2D eigenvalue weighted by atomic mass is 28.4. The summed E-state index contributed by atoms with van der Waals surface area (Å²) in [4.78, 5) is 11.5. The molecule has 0 saturated heterocycles. The average Bonchev–Trinajstić information content (AvgIpc) is 2.89. The van der Waals surface area contributed by atoms with E-state index in [1.54, 1.807) is 0 Å². The maximum absolute atomic E-state index is 11.5. The zero-order valence-corrected chi connectivity index (χ0v) is 24.4. The van der Waals surface area contributed by atoms with E-state index in [1.807, 2.05) is 0 Å². The van der Waals surface area contributed by atoms with Crippen LogP contribution < -0.4 is 10.4 Å². The summed E-state index contributed by atoms with van der Waals surface area (Å²) >= 11 is 0. The van der Waals surface area contributed by atoms with Gasteiger partial charge in [0.1, 0.15) is 0 Å². The number of carbonyl (C=O) groups is 1. The first-order valence-electron chi connectivity index (χ1n) is 13.0. The first-order chi connectivity index (χ1) is 17.5. The molecule has 1 atom stereocenters. The Kier molecular flexibility index (Phi) is 11.8. The first-order valence-corrected chi connectivity index (χ1v) is 14.9. The van der Waals surface area contributed by atoms with Crippen LogP contribution in [-0.2, 0) is 14.0 Å². The van der Waals surface area contributed by atoms with Crippen molar-refractivity contribution in [3.05, 3.63) is 96.1 Å². The molecule has 2 aromatic carbocycles. The van der Waals surface area contributed by atoms with Crippen molar-refractivity contribution in [1.29, 1.82) is 0 Å². The first kappa shape index (κ1) is 30.5. The molecule has 0 spiro atoms.